The third kappa shape index (κ3) is 3.86. The summed E-state index contributed by atoms with van der Waals surface area (Å²) in [6, 6.07) is 10.8. The molecule has 3 heterocycles. The number of likely N-dealkylation sites (tertiary alicyclic amines) is 1. The third-order valence-corrected chi connectivity index (χ3v) is 5.90. The van der Waals surface area contributed by atoms with Gasteiger partial charge in [0, 0.05) is 36.7 Å². The van der Waals surface area contributed by atoms with Crippen molar-refractivity contribution in [3.05, 3.63) is 70.5 Å². The quantitative estimate of drug-likeness (QED) is 0.605. The number of carbonyl (C=O) groups excluding carboxylic acids is 1. The van der Waals surface area contributed by atoms with Crippen LogP contribution in [0, 0.1) is 19.7 Å². The summed E-state index contributed by atoms with van der Waals surface area (Å²) < 4.78 is 19.3. The van der Waals surface area contributed by atoms with Crippen molar-refractivity contribution in [2.75, 3.05) is 13.1 Å². The summed E-state index contributed by atoms with van der Waals surface area (Å²) >= 11 is 0. The number of hydrogen-bond donors (Lipinski definition) is 0. The minimum atomic E-state index is -0.341. The van der Waals surface area contributed by atoms with Gasteiger partial charge in [0.15, 0.2) is 0 Å². The van der Waals surface area contributed by atoms with E-state index in [4.69, 9.17) is 9.51 Å². The lowest BCUT2D eigenvalue weighted by atomic mass is 9.92. The van der Waals surface area contributed by atoms with Crippen LogP contribution in [0.4, 0.5) is 4.39 Å². The molecule has 30 heavy (non-hydrogen) atoms. The van der Waals surface area contributed by atoms with Crippen LogP contribution in [0.5, 0.6) is 0 Å². The molecule has 156 valence electrons. The lowest BCUT2D eigenvalue weighted by Gasteiger charge is -2.32. The van der Waals surface area contributed by atoms with E-state index in [1.165, 1.54) is 6.07 Å². The molecule has 0 bridgehead atoms. The second-order valence-corrected chi connectivity index (χ2v) is 7.90. The Morgan fingerprint density at radius 3 is 2.67 bits per heavy atom. The highest BCUT2D eigenvalue weighted by Gasteiger charge is 2.26. The monoisotopic (exact) mass is 407 g/mol. The first kappa shape index (κ1) is 20.3. The number of rotatable bonds is 4. The number of pyridine rings is 1. The van der Waals surface area contributed by atoms with E-state index in [-0.39, 0.29) is 17.6 Å². The minimum Gasteiger partial charge on any atom is -0.360 e. The highest BCUT2D eigenvalue weighted by molar-refractivity contribution is 5.94. The molecule has 1 aromatic carbocycles. The molecule has 0 atom stereocenters. The standard InChI is InChI=1S/C24H26FN3O2/c1-4-22-23(16(3)27-30-22)21-7-5-6-20(26-21)17-10-12-28(13-11-17)24(29)18-9-8-15(2)19(25)14-18/h5-9,14,17H,4,10-13H2,1-3H3. The number of benzene rings is 1. The van der Waals surface area contributed by atoms with Gasteiger partial charge in [0.2, 0.25) is 0 Å². The normalized spacial score (nSPS) is 14.9. The van der Waals surface area contributed by atoms with E-state index in [0.717, 1.165) is 47.7 Å². The van der Waals surface area contributed by atoms with Gasteiger partial charge in [-0.05, 0) is 56.5 Å². The molecule has 0 unspecified atom stereocenters. The molecule has 0 saturated carbocycles. The zero-order valence-corrected chi connectivity index (χ0v) is 17.6. The van der Waals surface area contributed by atoms with Crippen molar-refractivity contribution < 1.29 is 13.7 Å². The number of aryl methyl sites for hydroxylation is 3. The fraction of sp³-hybridized carbons (Fsp3) is 0.375. The molecule has 1 aliphatic heterocycles. The first-order chi connectivity index (χ1) is 14.5. The maximum atomic E-state index is 13.8. The van der Waals surface area contributed by atoms with Crippen LogP contribution in [-0.4, -0.2) is 34.0 Å². The van der Waals surface area contributed by atoms with Gasteiger partial charge < -0.3 is 9.42 Å². The molecule has 0 N–H and O–H groups in total. The number of carbonyl (C=O) groups is 1. The summed E-state index contributed by atoms with van der Waals surface area (Å²) in [5.41, 5.74) is 4.70. The highest BCUT2D eigenvalue weighted by atomic mass is 19.1. The minimum absolute atomic E-state index is 0.109. The number of nitrogens with zero attached hydrogens (tertiary/aromatic N) is 3. The SMILES string of the molecule is CCc1onc(C)c1-c1cccc(C2CCN(C(=O)c3ccc(C)c(F)c3)CC2)n1. The Hall–Kier alpha value is -3.02. The average molecular weight is 407 g/mol. The Balaban J connectivity index is 1.47. The fourth-order valence-electron chi connectivity index (χ4n) is 4.09. The topological polar surface area (TPSA) is 59.2 Å². The van der Waals surface area contributed by atoms with Gasteiger partial charge in [-0.25, -0.2) is 4.39 Å². The van der Waals surface area contributed by atoms with Crippen LogP contribution in [0.2, 0.25) is 0 Å². The number of hydrogen-bond acceptors (Lipinski definition) is 4. The van der Waals surface area contributed by atoms with Gasteiger partial charge in [0.25, 0.3) is 5.91 Å². The first-order valence-electron chi connectivity index (χ1n) is 10.5. The van der Waals surface area contributed by atoms with Crippen LogP contribution in [0.15, 0.2) is 40.9 Å². The van der Waals surface area contributed by atoms with Crippen LogP contribution in [0.3, 0.4) is 0 Å². The molecule has 1 saturated heterocycles. The fourth-order valence-corrected chi connectivity index (χ4v) is 4.09. The number of amides is 1. The summed E-state index contributed by atoms with van der Waals surface area (Å²) in [6.07, 6.45) is 2.43. The maximum Gasteiger partial charge on any atom is 0.253 e. The molecule has 0 radical (unpaired) electrons. The molecule has 0 spiro atoms. The van der Waals surface area contributed by atoms with Crippen molar-refractivity contribution >= 4 is 5.91 Å². The molecule has 1 aliphatic rings. The Kier molecular flexibility index (Phi) is 5.66. The Labute approximate surface area is 175 Å². The van der Waals surface area contributed by atoms with E-state index in [9.17, 15) is 9.18 Å². The molecule has 5 nitrogen and oxygen atoms in total. The van der Waals surface area contributed by atoms with Crippen LogP contribution in [0.1, 0.15) is 58.8 Å². The van der Waals surface area contributed by atoms with Crippen molar-refractivity contribution in [2.24, 2.45) is 0 Å². The van der Waals surface area contributed by atoms with E-state index >= 15 is 0 Å². The lowest BCUT2D eigenvalue weighted by molar-refractivity contribution is 0.0711. The summed E-state index contributed by atoms with van der Waals surface area (Å²) in [5, 5.41) is 4.09. The van der Waals surface area contributed by atoms with Crippen LogP contribution in [0.25, 0.3) is 11.3 Å². The lowest BCUT2D eigenvalue weighted by Crippen LogP contribution is -2.38. The third-order valence-electron chi connectivity index (χ3n) is 5.90. The van der Waals surface area contributed by atoms with Gasteiger partial charge >= 0.3 is 0 Å². The van der Waals surface area contributed by atoms with Crippen molar-refractivity contribution in [2.45, 2.75) is 46.0 Å². The van der Waals surface area contributed by atoms with Crippen molar-refractivity contribution in [3.8, 4) is 11.3 Å². The Morgan fingerprint density at radius 1 is 1.20 bits per heavy atom. The molecule has 1 fully saturated rings. The largest absolute Gasteiger partial charge is 0.360 e. The van der Waals surface area contributed by atoms with Crippen molar-refractivity contribution in [1.82, 2.24) is 15.0 Å². The van der Waals surface area contributed by atoms with E-state index in [1.54, 1.807) is 19.1 Å². The van der Waals surface area contributed by atoms with Gasteiger partial charge in [-0.3, -0.25) is 9.78 Å². The van der Waals surface area contributed by atoms with Crippen LogP contribution < -0.4 is 0 Å². The average Bonchev–Trinajstić information content (AvgIpc) is 3.16. The number of piperidine rings is 1. The summed E-state index contributed by atoms with van der Waals surface area (Å²) in [6.45, 7) is 6.94. The molecule has 0 aliphatic carbocycles. The van der Waals surface area contributed by atoms with Crippen LogP contribution >= 0.6 is 0 Å². The molecule has 1 amide bonds. The summed E-state index contributed by atoms with van der Waals surface area (Å²) in [5.74, 6) is 0.686. The molecule has 4 rings (SSSR count). The second kappa shape index (κ2) is 8.38. The van der Waals surface area contributed by atoms with Gasteiger partial charge in [-0.15, -0.1) is 0 Å². The number of halogens is 1. The second-order valence-electron chi connectivity index (χ2n) is 7.90. The smallest absolute Gasteiger partial charge is 0.253 e. The number of aromatic nitrogens is 2. The van der Waals surface area contributed by atoms with Gasteiger partial charge in [0.05, 0.1) is 17.0 Å². The zero-order chi connectivity index (χ0) is 21.3. The predicted molar refractivity (Wildman–Crippen MR) is 113 cm³/mol. The van der Waals surface area contributed by atoms with Crippen LogP contribution in [-0.2, 0) is 6.42 Å². The Morgan fingerprint density at radius 2 is 1.97 bits per heavy atom. The van der Waals surface area contributed by atoms with Gasteiger partial charge in [0.1, 0.15) is 11.6 Å². The first-order valence-corrected chi connectivity index (χ1v) is 10.5. The maximum absolute atomic E-state index is 13.8. The molecular weight excluding hydrogens is 381 g/mol. The van der Waals surface area contributed by atoms with E-state index in [1.807, 2.05) is 30.9 Å². The zero-order valence-electron chi connectivity index (χ0n) is 17.6. The van der Waals surface area contributed by atoms with E-state index in [2.05, 4.69) is 11.2 Å². The van der Waals surface area contributed by atoms with Gasteiger partial charge in [-0.1, -0.05) is 24.2 Å². The molecule has 3 aromatic rings. The van der Waals surface area contributed by atoms with E-state index in [0.29, 0.717) is 24.2 Å². The molecular formula is C24H26FN3O2. The molecule has 2 aromatic heterocycles. The predicted octanol–water partition coefficient (Wildman–Crippen LogP) is 5.07. The van der Waals surface area contributed by atoms with Gasteiger partial charge in [-0.2, -0.15) is 0 Å². The summed E-state index contributed by atoms with van der Waals surface area (Å²) in [7, 11) is 0. The van der Waals surface area contributed by atoms with E-state index < -0.39 is 0 Å². The Bertz CT molecular complexity index is 1070. The summed E-state index contributed by atoms with van der Waals surface area (Å²) in [4.78, 5) is 19.5. The highest BCUT2D eigenvalue weighted by Crippen LogP contribution is 2.31. The van der Waals surface area contributed by atoms with Crippen molar-refractivity contribution in [1.29, 1.82) is 0 Å². The van der Waals surface area contributed by atoms with Crippen molar-refractivity contribution in [3.63, 3.8) is 0 Å². The molecule has 6 heteroatoms.